The van der Waals surface area contributed by atoms with Gasteiger partial charge in [-0.15, -0.1) is 0 Å². The van der Waals surface area contributed by atoms with Gasteiger partial charge in [-0.2, -0.15) is 0 Å². The molecular weight excluding hydrogens is 248 g/mol. The second kappa shape index (κ2) is 7.33. The quantitative estimate of drug-likeness (QED) is 0.740. The third-order valence-corrected chi connectivity index (χ3v) is 3.32. The van der Waals surface area contributed by atoms with Crippen LogP contribution in [0, 0.1) is 5.92 Å². The predicted octanol–water partition coefficient (Wildman–Crippen LogP) is 1.31. The number of rotatable bonds is 5. The Bertz CT molecular complexity index is 320. The van der Waals surface area contributed by atoms with Crippen molar-refractivity contribution in [2.75, 3.05) is 19.7 Å². The highest BCUT2D eigenvalue weighted by atomic mass is 16.5. The van der Waals surface area contributed by atoms with Crippen molar-refractivity contribution in [3.8, 4) is 0 Å². The van der Waals surface area contributed by atoms with E-state index in [1.165, 1.54) is 0 Å². The molecule has 1 rings (SSSR count). The van der Waals surface area contributed by atoms with Gasteiger partial charge in [-0.1, -0.05) is 0 Å². The summed E-state index contributed by atoms with van der Waals surface area (Å²) in [6, 6.07) is -0.176. The predicted molar refractivity (Wildman–Crippen MR) is 71.0 cm³/mol. The molecule has 0 aromatic carbocycles. The van der Waals surface area contributed by atoms with Gasteiger partial charge in [-0.05, 0) is 33.6 Å². The Morgan fingerprint density at radius 2 is 2.16 bits per heavy atom. The van der Waals surface area contributed by atoms with Gasteiger partial charge < -0.3 is 20.1 Å². The maximum atomic E-state index is 11.9. The minimum Gasteiger partial charge on any atom is -0.481 e. The number of piperidine rings is 1. The highest BCUT2D eigenvalue weighted by molar-refractivity contribution is 5.75. The molecule has 0 aromatic rings. The molecule has 1 saturated heterocycles. The van der Waals surface area contributed by atoms with Gasteiger partial charge in [0.15, 0.2) is 0 Å². The zero-order valence-corrected chi connectivity index (χ0v) is 11.9. The lowest BCUT2D eigenvalue weighted by Gasteiger charge is -2.36. The topological polar surface area (TPSA) is 78.9 Å². The standard InChI is InChI=1S/C13H24N2O4/c1-9(2)19-7-5-14-13(18)15-6-4-11(12(16)17)8-10(15)3/h9-11H,4-8H2,1-3H3,(H,14,18)(H,16,17). The number of likely N-dealkylation sites (tertiary alicyclic amines) is 1. The number of carboxylic acids is 1. The van der Waals surface area contributed by atoms with Crippen molar-refractivity contribution >= 4 is 12.0 Å². The molecule has 6 nitrogen and oxygen atoms in total. The lowest BCUT2D eigenvalue weighted by molar-refractivity contribution is -0.143. The molecule has 6 heteroatoms. The summed E-state index contributed by atoms with van der Waals surface area (Å²) in [5, 5.41) is 11.8. The first kappa shape index (κ1) is 15.8. The summed E-state index contributed by atoms with van der Waals surface area (Å²) in [6.07, 6.45) is 1.20. The van der Waals surface area contributed by atoms with Gasteiger partial charge in [0.05, 0.1) is 18.6 Å². The molecule has 2 atom stereocenters. The number of hydrogen-bond acceptors (Lipinski definition) is 3. The number of nitrogens with one attached hydrogen (secondary N) is 1. The van der Waals surface area contributed by atoms with E-state index in [2.05, 4.69) is 5.32 Å². The molecule has 0 saturated carbocycles. The lowest BCUT2D eigenvalue weighted by Crippen LogP contribution is -2.50. The van der Waals surface area contributed by atoms with E-state index in [0.717, 1.165) is 0 Å². The summed E-state index contributed by atoms with van der Waals surface area (Å²) in [6.45, 7) is 7.24. The summed E-state index contributed by atoms with van der Waals surface area (Å²) in [7, 11) is 0. The Hall–Kier alpha value is -1.30. The highest BCUT2D eigenvalue weighted by Gasteiger charge is 2.31. The van der Waals surface area contributed by atoms with E-state index in [4.69, 9.17) is 9.84 Å². The van der Waals surface area contributed by atoms with Crippen molar-refractivity contribution in [1.82, 2.24) is 10.2 Å². The van der Waals surface area contributed by atoms with Crippen LogP contribution >= 0.6 is 0 Å². The molecule has 110 valence electrons. The maximum Gasteiger partial charge on any atom is 0.317 e. The molecule has 0 aliphatic carbocycles. The van der Waals surface area contributed by atoms with Crippen LogP contribution in [-0.2, 0) is 9.53 Å². The smallest absolute Gasteiger partial charge is 0.317 e. The first-order chi connectivity index (χ1) is 8.91. The van der Waals surface area contributed by atoms with Gasteiger partial charge in [0.25, 0.3) is 0 Å². The molecule has 2 N–H and O–H groups in total. The van der Waals surface area contributed by atoms with Crippen molar-refractivity contribution in [2.45, 2.75) is 45.8 Å². The number of amides is 2. The molecule has 1 aliphatic heterocycles. The Morgan fingerprint density at radius 3 is 2.68 bits per heavy atom. The van der Waals surface area contributed by atoms with E-state index in [-0.39, 0.29) is 24.1 Å². The average molecular weight is 272 g/mol. The van der Waals surface area contributed by atoms with E-state index in [1.807, 2.05) is 20.8 Å². The summed E-state index contributed by atoms with van der Waals surface area (Å²) < 4.78 is 5.34. The van der Waals surface area contributed by atoms with Gasteiger partial charge in [-0.25, -0.2) is 4.79 Å². The van der Waals surface area contributed by atoms with E-state index < -0.39 is 5.97 Å². The van der Waals surface area contributed by atoms with Crippen molar-refractivity contribution in [1.29, 1.82) is 0 Å². The molecule has 0 spiro atoms. The molecule has 1 heterocycles. The Balaban J connectivity index is 2.31. The molecule has 0 radical (unpaired) electrons. The summed E-state index contributed by atoms with van der Waals surface area (Å²) in [4.78, 5) is 24.6. The first-order valence-electron chi connectivity index (χ1n) is 6.80. The minimum atomic E-state index is -0.766. The highest BCUT2D eigenvalue weighted by Crippen LogP contribution is 2.22. The molecule has 19 heavy (non-hydrogen) atoms. The van der Waals surface area contributed by atoms with Gasteiger partial charge in [0.2, 0.25) is 0 Å². The van der Waals surface area contributed by atoms with Crippen LogP contribution in [-0.4, -0.2) is 53.8 Å². The fraction of sp³-hybridized carbons (Fsp3) is 0.846. The van der Waals surface area contributed by atoms with Crippen LogP contribution in [0.1, 0.15) is 33.6 Å². The second-order valence-corrected chi connectivity index (χ2v) is 5.25. The Kier molecular flexibility index (Phi) is 6.08. The molecule has 2 unspecified atom stereocenters. The number of urea groups is 1. The number of carbonyl (C=O) groups is 2. The van der Waals surface area contributed by atoms with Crippen LogP contribution in [0.4, 0.5) is 4.79 Å². The fourth-order valence-corrected chi connectivity index (χ4v) is 2.25. The van der Waals surface area contributed by atoms with Crippen molar-refractivity contribution < 1.29 is 19.4 Å². The second-order valence-electron chi connectivity index (χ2n) is 5.25. The van der Waals surface area contributed by atoms with E-state index in [1.54, 1.807) is 4.90 Å². The average Bonchev–Trinajstić information content (AvgIpc) is 2.33. The van der Waals surface area contributed by atoms with E-state index >= 15 is 0 Å². The number of carbonyl (C=O) groups excluding carboxylic acids is 1. The summed E-state index contributed by atoms with van der Waals surface area (Å²) >= 11 is 0. The van der Waals surface area contributed by atoms with Crippen LogP contribution < -0.4 is 5.32 Å². The third kappa shape index (κ3) is 5.06. The number of hydrogen-bond donors (Lipinski definition) is 2. The molecule has 1 fully saturated rings. The molecule has 0 aromatic heterocycles. The Labute approximate surface area is 114 Å². The van der Waals surface area contributed by atoms with Gasteiger partial charge in [0.1, 0.15) is 0 Å². The molecule has 2 amide bonds. The maximum absolute atomic E-state index is 11.9. The van der Waals surface area contributed by atoms with Gasteiger partial charge in [0, 0.05) is 19.1 Å². The summed E-state index contributed by atoms with van der Waals surface area (Å²) in [5.74, 6) is -1.10. The largest absolute Gasteiger partial charge is 0.481 e. The number of aliphatic carboxylic acids is 1. The molecule has 1 aliphatic rings. The van der Waals surface area contributed by atoms with Crippen LogP contribution in [0.3, 0.4) is 0 Å². The van der Waals surface area contributed by atoms with Crippen molar-refractivity contribution in [2.24, 2.45) is 5.92 Å². The lowest BCUT2D eigenvalue weighted by atomic mass is 9.92. The molecular formula is C13H24N2O4. The van der Waals surface area contributed by atoms with Gasteiger partial charge in [-0.3, -0.25) is 4.79 Å². The zero-order valence-electron chi connectivity index (χ0n) is 11.9. The number of ether oxygens (including phenoxy) is 1. The summed E-state index contributed by atoms with van der Waals surface area (Å²) in [5.41, 5.74) is 0. The number of nitrogens with zero attached hydrogens (tertiary/aromatic N) is 1. The van der Waals surface area contributed by atoms with E-state index in [0.29, 0.717) is 32.5 Å². The van der Waals surface area contributed by atoms with Crippen LogP contribution in [0.5, 0.6) is 0 Å². The van der Waals surface area contributed by atoms with Crippen LogP contribution in [0.25, 0.3) is 0 Å². The fourth-order valence-electron chi connectivity index (χ4n) is 2.25. The Morgan fingerprint density at radius 1 is 1.47 bits per heavy atom. The normalized spacial score (nSPS) is 23.5. The van der Waals surface area contributed by atoms with Crippen LogP contribution in [0.15, 0.2) is 0 Å². The van der Waals surface area contributed by atoms with Crippen molar-refractivity contribution in [3.05, 3.63) is 0 Å². The number of carboxylic acid groups (broad SMARTS) is 1. The molecule has 0 bridgehead atoms. The first-order valence-corrected chi connectivity index (χ1v) is 6.80. The SMILES string of the molecule is CC(C)OCCNC(=O)N1CCC(C(=O)O)CC1C. The zero-order chi connectivity index (χ0) is 14.4. The minimum absolute atomic E-state index is 0.0409. The van der Waals surface area contributed by atoms with Crippen LogP contribution in [0.2, 0.25) is 0 Å². The third-order valence-electron chi connectivity index (χ3n) is 3.32. The van der Waals surface area contributed by atoms with Crippen molar-refractivity contribution in [3.63, 3.8) is 0 Å². The van der Waals surface area contributed by atoms with Gasteiger partial charge >= 0.3 is 12.0 Å². The monoisotopic (exact) mass is 272 g/mol. The van der Waals surface area contributed by atoms with E-state index in [9.17, 15) is 9.59 Å².